The molecule has 1 fully saturated rings. The Morgan fingerprint density at radius 2 is 2.21 bits per heavy atom. The number of hydrogen-bond donors (Lipinski definition) is 0. The van der Waals surface area contributed by atoms with E-state index in [1.807, 2.05) is 6.92 Å². The van der Waals surface area contributed by atoms with Gasteiger partial charge >= 0.3 is 0 Å². The minimum absolute atomic E-state index is 0.149. The summed E-state index contributed by atoms with van der Waals surface area (Å²) in [7, 11) is 0. The lowest BCUT2D eigenvalue weighted by Gasteiger charge is -2.13. The second kappa shape index (κ2) is 5.03. The van der Waals surface area contributed by atoms with Gasteiger partial charge in [0.05, 0.1) is 0 Å². The van der Waals surface area contributed by atoms with Crippen LogP contribution in [0.5, 0.6) is 0 Å². The Morgan fingerprint density at radius 3 is 2.79 bits per heavy atom. The number of ketones is 2. The molecule has 1 atom stereocenters. The van der Waals surface area contributed by atoms with Gasteiger partial charge in [-0.05, 0) is 19.8 Å². The molecular formula is C11H17NO2. The molecule has 14 heavy (non-hydrogen) atoms. The summed E-state index contributed by atoms with van der Waals surface area (Å²) < 4.78 is 0. The van der Waals surface area contributed by atoms with Crippen LogP contribution in [-0.4, -0.2) is 23.3 Å². The highest BCUT2D eigenvalue weighted by atomic mass is 16.1. The Labute approximate surface area is 84.6 Å². The number of carbonyl (C=O) groups is 2. The van der Waals surface area contributed by atoms with E-state index >= 15 is 0 Å². The first kappa shape index (κ1) is 11.1. The smallest absolute Gasteiger partial charge is 0.156 e. The molecule has 0 aromatic rings. The summed E-state index contributed by atoms with van der Waals surface area (Å²) in [5, 5.41) is 0. The molecule has 1 saturated carbocycles. The Bertz CT molecular complexity index is 268. The average Bonchev–Trinajstić information content (AvgIpc) is 2.16. The number of rotatable bonds is 3. The maximum Gasteiger partial charge on any atom is 0.156 e. The molecule has 0 heterocycles. The lowest BCUT2D eigenvalue weighted by molar-refractivity contribution is -0.120. The number of carbonyl (C=O) groups excluding carboxylic acids is 2. The summed E-state index contributed by atoms with van der Waals surface area (Å²) in [5.74, 6) is 0.404. The second-order valence-corrected chi connectivity index (χ2v) is 3.76. The molecule has 3 nitrogen and oxygen atoms in total. The predicted octanol–water partition coefficient (Wildman–Crippen LogP) is 1.94. The summed E-state index contributed by atoms with van der Waals surface area (Å²) in [6.45, 7) is 3.64. The van der Waals surface area contributed by atoms with Crippen molar-refractivity contribution in [2.75, 3.05) is 0 Å². The van der Waals surface area contributed by atoms with Crippen molar-refractivity contribution in [2.24, 2.45) is 4.99 Å². The average molecular weight is 195 g/mol. The summed E-state index contributed by atoms with van der Waals surface area (Å²) in [6, 6.07) is -0.263. The van der Waals surface area contributed by atoms with Gasteiger partial charge in [-0.1, -0.05) is 6.92 Å². The molecule has 0 aromatic carbocycles. The van der Waals surface area contributed by atoms with Crippen LogP contribution in [0, 0.1) is 0 Å². The first-order valence-electron chi connectivity index (χ1n) is 5.23. The first-order chi connectivity index (χ1) is 6.63. The van der Waals surface area contributed by atoms with Gasteiger partial charge in [0, 0.05) is 25.0 Å². The fourth-order valence-electron chi connectivity index (χ4n) is 1.65. The Hall–Kier alpha value is -0.990. The molecule has 1 aliphatic carbocycles. The van der Waals surface area contributed by atoms with Crippen molar-refractivity contribution in [3.05, 3.63) is 0 Å². The van der Waals surface area contributed by atoms with Crippen LogP contribution in [0.1, 0.15) is 46.0 Å². The van der Waals surface area contributed by atoms with Crippen LogP contribution in [0.25, 0.3) is 0 Å². The van der Waals surface area contributed by atoms with E-state index in [9.17, 15) is 9.59 Å². The molecule has 0 aromatic heterocycles. The van der Waals surface area contributed by atoms with Crippen molar-refractivity contribution in [2.45, 2.75) is 52.0 Å². The van der Waals surface area contributed by atoms with Gasteiger partial charge in [-0.25, -0.2) is 0 Å². The Balaban J connectivity index is 2.58. The molecule has 0 N–H and O–H groups in total. The predicted molar refractivity (Wildman–Crippen MR) is 55.7 cm³/mol. The highest BCUT2D eigenvalue weighted by molar-refractivity contribution is 6.04. The zero-order valence-corrected chi connectivity index (χ0v) is 8.88. The van der Waals surface area contributed by atoms with E-state index in [1.54, 1.807) is 6.92 Å². The molecule has 0 bridgehead atoms. The molecular weight excluding hydrogens is 178 g/mol. The van der Waals surface area contributed by atoms with Crippen molar-refractivity contribution < 1.29 is 9.59 Å². The van der Waals surface area contributed by atoms with Crippen molar-refractivity contribution in [3.63, 3.8) is 0 Å². The number of hydrogen-bond acceptors (Lipinski definition) is 3. The standard InChI is InChI=1S/C11H17NO2/c1-3-11(14)8(2)12-9-5-4-6-10(13)7-9/h8H,3-7H2,1-2H3. The zero-order valence-electron chi connectivity index (χ0n) is 8.88. The van der Waals surface area contributed by atoms with Gasteiger partial charge < -0.3 is 0 Å². The van der Waals surface area contributed by atoms with Gasteiger partial charge in [-0.15, -0.1) is 0 Å². The van der Waals surface area contributed by atoms with Crippen LogP contribution < -0.4 is 0 Å². The van der Waals surface area contributed by atoms with Crippen molar-refractivity contribution >= 4 is 17.3 Å². The minimum Gasteiger partial charge on any atom is -0.299 e. The molecule has 0 amide bonds. The van der Waals surface area contributed by atoms with E-state index in [0.717, 1.165) is 18.6 Å². The normalized spacial score (nSPS) is 22.4. The van der Waals surface area contributed by atoms with Gasteiger partial charge in [0.1, 0.15) is 11.8 Å². The molecule has 3 heteroatoms. The van der Waals surface area contributed by atoms with Gasteiger partial charge in [-0.2, -0.15) is 0 Å². The SMILES string of the molecule is CCC(=O)C(C)N=C1CCCC(=O)C1. The lowest BCUT2D eigenvalue weighted by atomic mass is 9.97. The third-order valence-electron chi connectivity index (χ3n) is 2.51. The number of Topliss-reactive ketones (excluding diaryl/α,β-unsaturated/α-hetero) is 2. The quantitative estimate of drug-likeness (QED) is 0.690. The fourth-order valence-corrected chi connectivity index (χ4v) is 1.65. The van der Waals surface area contributed by atoms with Gasteiger partial charge in [0.15, 0.2) is 5.78 Å². The van der Waals surface area contributed by atoms with E-state index in [0.29, 0.717) is 19.3 Å². The molecule has 0 radical (unpaired) electrons. The fraction of sp³-hybridized carbons (Fsp3) is 0.727. The van der Waals surface area contributed by atoms with E-state index < -0.39 is 0 Å². The molecule has 0 spiro atoms. The maximum absolute atomic E-state index is 11.3. The van der Waals surface area contributed by atoms with E-state index in [2.05, 4.69) is 4.99 Å². The highest BCUT2D eigenvalue weighted by Crippen LogP contribution is 2.13. The van der Waals surface area contributed by atoms with E-state index in [4.69, 9.17) is 0 Å². The monoisotopic (exact) mass is 195 g/mol. The molecule has 78 valence electrons. The summed E-state index contributed by atoms with van der Waals surface area (Å²) in [5.41, 5.74) is 0.913. The molecule has 0 saturated heterocycles. The third kappa shape index (κ3) is 3.05. The molecule has 1 aliphatic rings. The van der Waals surface area contributed by atoms with Crippen LogP contribution in [0.15, 0.2) is 4.99 Å². The number of nitrogens with zero attached hydrogens (tertiary/aromatic N) is 1. The Kier molecular flexibility index (Phi) is 3.98. The number of aliphatic imine (C=N–C) groups is 1. The maximum atomic E-state index is 11.3. The Morgan fingerprint density at radius 1 is 1.50 bits per heavy atom. The topological polar surface area (TPSA) is 46.5 Å². The third-order valence-corrected chi connectivity index (χ3v) is 2.51. The van der Waals surface area contributed by atoms with Crippen molar-refractivity contribution in [3.8, 4) is 0 Å². The van der Waals surface area contributed by atoms with Crippen molar-refractivity contribution in [1.82, 2.24) is 0 Å². The molecule has 0 aliphatic heterocycles. The summed E-state index contributed by atoms with van der Waals surface area (Å²) in [4.78, 5) is 26.7. The second-order valence-electron chi connectivity index (χ2n) is 3.76. The van der Waals surface area contributed by atoms with Crippen LogP contribution in [-0.2, 0) is 9.59 Å². The summed E-state index contributed by atoms with van der Waals surface area (Å²) in [6.07, 6.45) is 3.43. The van der Waals surface area contributed by atoms with Gasteiger partial charge in [0.25, 0.3) is 0 Å². The van der Waals surface area contributed by atoms with Crippen molar-refractivity contribution in [1.29, 1.82) is 0 Å². The van der Waals surface area contributed by atoms with E-state index in [1.165, 1.54) is 0 Å². The van der Waals surface area contributed by atoms with Gasteiger partial charge in [0.2, 0.25) is 0 Å². The summed E-state index contributed by atoms with van der Waals surface area (Å²) >= 11 is 0. The van der Waals surface area contributed by atoms with Crippen LogP contribution >= 0.6 is 0 Å². The highest BCUT2D eigenvalue weighted by Gasteiger charge is 2.16. The lowest BCUT2D eigenvalue weighted by Crippen LogP contribution is -2.20. The van der Waals surface area contributed by atoms with E-state index in [-0.39, 0.29) is 17.6 Å². The van der Waals surface area contributed by atoms with Crippen LogP contribution in [0.4, 0.5) is 0 Å². The largest absolute Gasteiger partial charge is 0.299 e. The molecule has 1 rings (SSSR count). The minimum atomic E-state index is -0.263. The molecule has 1 unspecified atom stereocenters. The van der Waals surface area contributed by atoms with Crippen LogP contribution in [0.3, 0.4) is 0 Å². The first-order valence-corrected chi connectivity index (χ1v) is 5.23. The van der Waals surface area contributed by atoms with Crippen LogP contribution in [0.2, 0.25) is 0 Å². The van der Waals surface area contributed by atoms with Gasteiger partial charge in [-0.3, -0.25) is 14.6 Å². The zero-order chi connectivity index (χ0) is 10.6.